The molecule has 2 aromatic carbocycles. The molecule has 0 unspecified atom stereocenters. The zero-order valence-corrected chi connectivity index (χ0v) is 10.4. The summed E-state index contributed by atoms with van der Waals surface area (Å²) in [5, 5.41) is 18.8. The van der Waals surface area contributed by atoms with E-state index < -0.39 is 0 Å². The van der Waals surface area contributed by atoms with Crippen molar-refractivity contribution in [1.29, 1.82) is 0 Å². The fraction of sp³-hybridized carbons (Fsp3) is 0.143. The van der Waals surface area contributed by atoms with Gasteiger partial charge in [-0.3, -0.25) is 0 Å². The second kappa shape index (κ2) is 5.87. The molecule has 0 saturated heterocycles. The molecule has 2 aromatic rings. The van der Waals surface area contributed by atoms with E-state index in [9.17, 15) is 5.11 Å². The van der Waals surface area contributed by atoms with Crippen LogP contribution in [0.3, 0.4) is 0 Å². The van der Waals surface area contributed by atoms with Crippen molar-refractivity contribution < 1.29 is 14.9 Å². The number of aliphatic hydroxyl groups is 2. The predicted molar refractivity (Wildman–Crippen MR) is 69.8 cm³/mol. The Kier molecular flexibility index (Phi) is 4.20. The van der Waals surface area contributed by atoms with Crippen LogP contribution in [0.4, 0.5) is 0 Å². The van der Waals surface area contributed by atoms with Crippen LogP contribution in [0.25, 0.3) is 0 Å². The van der Waals surface area contributed by atoms with Crippen molar-refractivity contribution in [3.8, 4) is 11.5 Å². The molecule has 2 N–H and O–H groups in total. The normalized spacial score (nSPS) is 10.4. The third-order valence-electron chi connectivity index (χ3n) is 2.51. The van der Waals surface area contributed by atoms with Crippen molar-refractivity contribution in [3.63, 3.8) is 0 Å². The fourth-order valence-corrected chi connectivity index (χ4v) is 1.75. The largest absolute Gasteiger partial charge is 0.457 e. The highest BCUT2D eigenvalue weighted by Gasteiger charge is 2.05. The summed E-state index contributed by atoms with van der Waals surface area (Å²) >= 11 is 5.90. The highest BCUT2D eigenvalue weighted by atomic mass is 35.5. The predicted octanol–water partition coefficient (Wildman–Crippen LogP) is 3.12. The van der Waals surface area contributed by atoms with Crippen LogP contribution >= 0.6 is 11.6 Å². The molecule has 0 spiro atoms. The van der Waals surface area contributed by atoms with Gasteiger partial charge in [-0.25, -0.2) is 0 Å². The van der Waals surface area contributed by atoms with E-state index >= 15 is 0 Å². The molecule has 3 nitrogen and oxygen atoms in total. The lowest BCUT2D eigenvalue weighted by Crippen LogP contribution is -1.92. The van der Waals surface area contributed by atoms with Gasteiger partial charge in [0.15, 0.2) is 0 Å². The zero-order chi connectivity index (χ0) is 13.0. The topological polar surface area (TPSA) is 49.7 Å². The Morgan fingerprint density at radius 3 is 2.56 bits per heavy atom. The van der Waals surface area contributed by atoms with Crippen LogP contribution < -0.4 is 4.74 Å². The molecular weight excluding hydrogens is 252 g/mol. The number of aliphatic hydroxyl groups excluding tert-OH is 2. The van der Waals surface area contributed by atoms with E-state index in [0.717, 1.165) is 5.56 Å². The van der Waals surface area contributed by atoms with E-state index in [1.807, 2.05) is 0 Å². The van der Waals surface area contributed by atoms with Gasteiger partial charge in [0.1, 0.15) is 11.5 Å². The molecule has 0 bridgehead atoms. The molecule has 2 rings (SSSR count). The van der Waals surface area contributed by atoms with Crippen molar-refractivity contribution in [1.82, 2.24) is 0 Å². The maximum atomic E-state index is 9.23. The number of hydrogen-bond acceptors (Lipinski definition) is 3. The number of benzene rings is 2. The molecule has 18 heavy (non-hydrogen) atoms. The molecule has 0 aliphatic carbocycles. The van der Waals surface area contributed by atoms with Gasteiger partial charge in [0.2, 0.25) is 0 Å². The molecule has 0 radical (unpaired) electrons. The van der Waals surface area contributed by atoms with Crippen LogP contribution in [0.5, 0.6) is 11.5 Å². The summed E-state index contributed by atoms with van der Waals surface area (Å²) in [4.78, 5) is 0. The molecule has 0 atom stereocenters. The Morgan fingerprint density at radius 2 is 1.83 bits per heavy atom. The van der Waals surface area contributed by atoms with Crippen molar-refractivity contribution in [2.75, 3.05) is 0 Å². The summed E-state index contributed by atoms with van der Waals surface area (Å²) in [5.41, 5.74) is 1.42. The molecule has 0 aromatic heterocycles. The molecule has 0 saturated carbocycles. The van der Waals surface area contributed by atoms with Gasteiger partial charge >= 0.3 is 0 Å². The number of hydrogen-bond donors (Lipinski definition) is 2. The maximum absolute atomic E-state index is 9.23. The van der Waals surface area contributed by atoms with E-state index in [1.165, 1.54) is 0 Å². The van der Waals surface area contributed by atoms with Crippen molar-refractivity contribution in [2.45, 2.75) is 13.2 Å². The Morgan fingerprint density at radius 1 is 1.00 bits per heavy atom. The van der Waals surface area contributed by atoms with Crippen LogP contribution in [0.2, 0.25) is 5.02 Å². The van der Waals surface area contributed by atoms with E-state index in [-0.39, 0.29) is 13.2 Å². The lowest BCUT2D eigenvalue weighted by atomic mass is 10.2. The second-order valence-corrected chi connectivity index (χ2v) is 4.25. The summed E-state index contributed by atoms with van der Waals surface area (Å²) in [7, 11) is 0. The Bertz CT molecular complexity index is 540. The van der Waals surface area contributed by atoms with E-state index in [4.69, 9.17) is 21.4 Å². The molecule has 0 amide bonds. The SMILES string of the molecule is OCc1cccc(Oc2cc(Cl)ccc2CO)c1. The standard InChI is InChI=1S/C14H13ClO3/c15-12-5-4-11(9-17)14(7-12)18-13-3-1-2-10(6-13)8-16/h1-7,16-17H,8-9H2. The second-order valence-electron chi connectivity index (χ2n) is 3.82. The number of rotatable bonds is 4. The van der Waals surface area contributed by atoms with Crippen molar-refractivity contribution in [3.05, 3.63) is 58.6 Å². The third kappa shape index (κ3) is 3.01. The smallest absolute Gasteiger partial charge is 0.134 e. The molecule has 0 heterocycles. The van der Waals surface area contributed by atoms with Crippen LogP contribution in [0.15, 0.2) is 42.5 Å². The van der Waals surface area contributed by atoms with E-state index in [1.54, 1.807) is 42.5 Å². The molecule has 0 aliphatic heterocycles. The third-order valence-corrected chi connectivity index (χ3v) is 2.74. The van der Waals surface area contributed by atoms with Crippen LogP contribution in [-0.2, 0) is 13.2 Å². The summed E-state index contributed by atoms with van der Waals surface area (Å²) in [5.74, 6) is 1.11. The summed E-state index contributed by atoms with van der Waals surface area (Å²) < 4.78 is 5.67. The maximum Gasteiger partial charge on any atom is 0.134 e. The Hall–Kier alpha value is -1.55. The first kappa shape index (κ1) is 12.9. The van der Waals surface area contributed by atoms with Gasteiger partial charge in [-0.15, -0.1) is 0 Å². The number of ether oxygens (including phenoxy) is 1. The molecule has 4 heteroatoms. The van der Waals surface area contributed by atoms with Crippen LogP contribution in [-0.4, -0.2) is 10.2 Å². The monoisotopic (exact) mass is 264 g/mol. The Balaban J connectivity index is 2.29. The molecule has 0 fully saturated rings. The minimum absolute atomic E-state index is 0.0421. The van der Waals surface area contributed by atoms with Gasteiger partial charge in [-0.1, -0.05) is 29.8 Å². The fourth-order valence-electron chi connectivity index (χ4n) is 1.59. The first-order chi connectivity index (χ1) is 8.72. The zero-order valence-electron chi connectivity index (χ0n) is 9.64. The van der Waals surface area contributed by atoms with Crippen molar-refractivity contribution in [2.24, 2.45) is 0 Å². The van der Waals surface area contributed by atoms with Crippen LogP contribution in [0.1, 0.15) is 11.1 Å². The first-order valence-corrected chi connectivity index (χ1v) is 5.87. The van der Waals surface area contributed by atoms with E-state index in [2.05, 4.69) is 0 Å². The van der Waals surface area contributed by atoms with E-state index in [0.29, 0.717) is 22.1 Å². The highest BCUT2D eigenvalue weighted by Crippen LogP contribution is 2.28. The Labute approximate surface area is 110 Å². The quantitative estimate of drug-likeness (QED) is 0.892. The van der Waals surface area contributed by atoms with Crippen molar-refractivity contribution >= 4 is 11.6 Å². The molecule has 94 valence electrons. The molecule has 0 aliphatic rings. The minimum atomic E-state index is -0.119. The summed E-state index contributed by atoms with van der Waals surface area (Å²) in [6, 6.07) is 12.2. The van der Waals surface area contributed by atoms with Gasteiger partial charge in [0.05, 0.1) is 13.2 Å². The van der Waals surface area contributed by atoms with Crippen LogP contribution in [0, 0.1) is 0 Å². The van der Waals surface area contributed by atoms with Gasteiger partial charge in [-0.05, 0) is 29.8 Å². The van der Waals surface area contributed by atoms with Gasteiger partial charge in [0.25, 0.3) is 0 Å². The number of halogens is 1. The highest BCUT2D eigenvalue weighted by molar-refractivity contribution is 6.30. The summed E-state index contributed by atoms with van der Waals surface area (Å²) in [6.45, 7) is -0.161. The first-order valence-electron chi connectivity index (χ1n) is 5.50. The van der Waals surface area contributed by atoms with Gasteiger partial charge in [0, 0.05) is 10.6 Å². The van der Waals surface area contributed by atoms with Gasteiger partial charge in [-0.2, -0.15) is 0 Å². The lowest BCUT2D eigenvalue weighted by molar-refractivity contribution is 0.275. The summed E-state index contributed by atoms with van der Waals surface area (Å²) in [6.07, 6.45) is 0. The average molecular weight is 265 g/mol. The minimum Gasteiger partial charge on any atom is -0.457 e. The van der Waals surface area contributed by atoms with Gasteiger partial charge < -0.3 is 14.9 Å². The molecular formula is C14H13ClO3. The average Bonchev–Trinajstić information content (AvgIpc) is 2.39. The lowest BCUT2D eigenvalue weighted by Gasteiger charge is -2.10.